The molecule has 2 aromatic carbocycles. The number of amides is 1. The third-order valence-corrected chi connectivity index (χ3v) is 4.04. The van der Waals surface area contributed by atoms with Crippen molar-refractivity contribution in [2.75, 3.05) is 30.4 Å². The third-order valence-electron chi connectivity index (χ3n) is 4.04. The topological polar surface area (TPSA) is 50.4 Å². The van der Waals surface area contributed by atoms with Gasteiger partial charge in [0.1, 0.15) is 0 Å². The number of carbonyl (C=O) groups is 1. The molecule has 0 bridgehead atoms. The summed E-state index contributed by atoms with van der Waals surface area (Å²) < 4.78 is 5.24. The SMILES string of the molecule is O=C(Nc1ccc(NCCc2ccccc2)cc1)C1CCOC1. The molecular weight excluding hydrogens is 288 g/mol. The predicted octanol–water partition coefficient (Wildman–Crippen LogP) is 3.32. The number of nitrogens with one attached hydrogen (secondary N) is 2. The lowest BCUT2D eigenvalue weighted by atomic mass is 10.1. The van der Waals surface area contributed by atoms with Gasteiger partial charge in [0.25, 0.3) is 0 Å². The predicted molar refractivity (Wildman–Crippen MR) is 92.6 cm³/mol. The van der Waals surface area contributed by atoms with Crippen molar-refractivity contribution in [3.8, 4) is 0 Å². The van der Waals surface area contributed by atoms with Crippen molar-refractivity contribution >= 4 is 17.3 Å². The van der Waals surface area contributed by atoms with Crippen molar-refractivity contribution in [2.24, 2.45) is 5.92 Å². The monoisotopic (exact) mass is 310 g/mol. The van der Waals surface area contributed by atoms with Gasteiger partial charge in [-0.25, -0.2) is 0 Å². The van der Waals surface area contributed by atoms with E-state index in [1.54, 1.807) is 0 Å². The van der Waals surface area contributed by atoms with E-state index >= 15 is 0 Å². The molecule has 1 unspecified atom stereocenters. The molecule has 3 rings (SSSR count). The standard InChI is InChI=1S/C19H22N2O2/c22-19(16-11-13-23-14-16)21-18-8-6-17(7-9-18)20-12-10-15-4-2-1-3-5-15/h1-9,16,20H,10-14H2,(H,21,22). The van der Waals surface area contributed by atoms with Crippen LogP contribution in [0.3, 0.4) is 0 Å². The second-order valence-corrected chi connectivity index (χ2v) is 5.79. The Balaban J connectivity index is 1.46. The van der Waals surface area contributed by atoms with Crippen LogP contribution in [0.25, 0.3) is 0 Å². The summed E-state index contributed by atoms with van der Waals surface area (Å²) in [5, 5.41) is 6.34. The maximum atomic E-state index is 12.0. The van der Waals surface area contributed by atoms with Crippen LogP contribution in [0.1, 0.15) is 12.0 Å². The van der Waals surface area contributed by atoms with Gasteiger partial charge in [-0.1, -0.05) is 30.3 Å². The zero-order valence-corrected chi connectivity index (χ0v) is 13.1. The smallest absolute Gasteiger partial charge is 0.229 e. The summed E-state index contributed by atoms with van der Waals surface area (Å²) in [6, 6.07) is 18.3. The Morgan fingerprint density at radius 3 is 2.48 bits per heavy atom. The van der Waals surface area contributed by atoms with Crippen molar-refractivity contribution in [2.45, 2.75) is 12.8 Å². The molecular formula is C19H22N2O2. The lowest BCUT2D eigenvalue weighted by Crippen LogP contribution is -2.22. The number of benzene rings is 2. The van der Waals surface area contributed by atoms with Crippen molar-refractivity contribution in [1.82, 2.24) is 0 Å². The van der Waals surface area contributed by atoms with Crippen LogP contribution >= 0.6 is 0 Å². The minimum atomic E-state index is -0.0151. The fraction of sp³-hybridized carbons (Fsp3) is 0.316. The van der Waals surface area contributed by atoms with E-state index in [4.69, 9.17) is 4.74 Å². The minimum absolute atomic E-state index is 0.0151. The first-order valence-corrected chi connectivity index (χ1v) is 8.08. The summed E-state index contributed by atoms with van der Waals surface area (Å²) >= 11 is 0. The van der Waals surface area contributed by atoms with E-state index in [2.05, 4.69) is 34.9 Å². The van der Waals surface area contributed by atoms with Gasteiger partial charge in [0.2, 0.25) is 5.91 Å². The molecule has 1 atom stereocenters. The first kappa shape index (κ1) is 15.6. The van der Waals surface area contributed by atoms with E-state index in [0.29, 0.717) is 13.2 Å². The highest BCUT2D eigenvalue weighted by molar-refractivity contribution is 5.92. The summed E-state index contributed by atoms with van der Waals surface area (Å²) in [4.78, 5) is 12.0. The molecule has 1 saturated heterocycles. The molecule has 1 aliphatic rings. The zero-order valence-electron chi connectivity index (χ0n) is 13.1. The summed E-state index contributed by atoms with van der Waals surface area (Å²) in [5.74, 6) is 0.0333. The Hall–Kier alpha value is -2.33. The lowest BCUT2D eigenvalue weighted by Gasteiger charge is -2.11. The van der Waals surface area contributed by atoms with Gasteiger partial charge < -0.3 is 15.4 Å². The fourth-order valence-corrected chi connectivity index (χ4v) is 2.65. The molecule has 0 saturated carbocycles. The fourth-order valence-electron chi connectivity index (χ4n) is 2.65. The summed E-state index contributed by atoms with van der Waals surface area (Å²) in [7, 11) is 0. The van der Waals surface area contributed by atoms with Crippen LogP contribution in [0.5, 0.6) is 0 Å². The number of ether oxygens (including phenoxy) is 1. The van der Waals surface area contributed by atoms with Gasteiger partial charge in [0.15, 0.2) is 0 Å². The Morgan fingerprint density at radius 2 is 1.78 bits per heavy atom. The average molecular weight is 310 g/mol. The molecule has 0 aromatic heterocycles. The van der Waals surface area contributed by atoms with E-state index in [9.17, 15) is 4.79 Å². The van der Waals surface area contributed by atoms with Crippen molar-refractivity contribution in [3.63, 3.8) is 0 Å². The highest BCUT2D eigenvalue weighted by Crippen LogP contribution is 2.18. The van der Waals surface area contributed by atoms with Crippen LogP contribution in [-0.4, -0.2) is 25.7 Å². The van der Waals surface area contributed by atoms with Gasteiger partial charge in [-0.05, 0) is 42.7 Å². The second-order valence-electron chi connectivity index (χ2n) is 5.79. The Morgan fingerprint density at radius 1 is 1.04 bits per heavy atom. The number of rotatable bonds is 6. The Bertz CT molecular complexity index is 620. The molecule has 2 N–H and O–H groups in total. The normalized spacial score (nSPS) is 17.0. The molecule has 1 fully saturated rings. The highest BCUT2D eigenvalue weighted by atomic mass is 16.5. The van der Waals surface area contributed by atoms with E-state index in [1.807, 2.05) is 30.3 Å². The number of hydrogen-bond donors (Lipinski definition) is 2. The van der Waals surface area contributed by atoms with Gasteiger partial charge in [-0.3, -0.25) is 4.79 Å². The Labute approximate surface area is 136 Å². The molecule has 4 heteroatoms. The van der Waals surface area contributed by atoms with Crippen molar-refractivity contribution < 1.29 is 9.53 Å². The molecule has 2 aromatic rings. The molecule has 1 heterocycles. The maximum absolute atomic E-state index is 12.0. The van der Waals surface area contributed by atoms with Gasteiger partial charge in [-0.15, -0.1) is 0 Å². The molecule has 120 valence electrons. The van der Waals surface area contributed by atoms with E-state index in [-0.39, 0.29) is 11.8 Å². The summed E-state index contributed by atoms with van der Waals surface area (Å²) in [6.07, 6.45) is 1.80. The average Bonchev–Trinajstić information content (AvgIpc) is 3.12. The highest BCUT2D eigenvalue weighted by Gasteiger charge is 2.23. The second kappa shape index (κ2) is 7.79. The van der Waals surface area contributed by atoms with E-state index in [0.717, 1.165) is 30.8 Å². The van der Waals surface area contributed by atoms with E-state index in [1.165, 1.54) is 5.56 Å². The minimum Gasteiger partial charge on any atom is -0.385 e. The number of hydrogen-bond acceptors (Lipinski definition) is 3. The molecule has 0 radical (unpaired) electrons. The van der Waals surface area contributed by atoms with Gasteiger partial charge >= 0.3 is 0 Å². The Kier molecular flexibility index (Phi) is 5.27. The first-order valence-electron chi connectivity index (χ1n) is 8.08. The molecule has 1 aliphatic heterocycles. The van der Waals surface area contributed by atoms with Crippen LogP contribution in [-0.2, 0) is 16.0 Å². The number of anilines is 2. The van der Waals surface area contributed by atoms with E-state index < -0.39 is 0 Å². The largest absolute Gasteiger partial charge is 0.385 e. The van der Waals surface area contributed by atoms with Crippen LogP contribution in [0.15, 0.2) is 54.6 Å². The molecule has 1 amide bonds. The summed E-state index contributed by atoms with van der Waals surface area (Å²) in [6.45, 7) is 2.10. The van der Waals surface area contributed by atoms with Crippen LogP contribution in [0.2, 0.25) is 0 Å². The number of carbonyl (C=O) groups excluding carboxylic acids is 1. The van der Waals surface area contributed by atoms with Crippen LogP contribution in [0, 0.1) is 5.92 Å². The quantitative estimate of drug-likeness (QED) is 0.860. The molecule has 4 nitrogen and oxygen atoms in total. The first-order chi connectivity index (χ1) is 11.3. The van der Waals surface area contributed by atoms with Crippen molar-refractivity contribution in [1.29, 1.82) is 0 Å². The molecule has 0 spiro atoms. The third kappa shape index (κ3) is 4.57. The van der Waals surface area contributed by atoms with Gasteiger partial charge in [0, 0.05) is 24.5 Å². The summed E-state index contributed by atoms with van der Waals surface area (Å²) in [5.41, 5.74) is 3.21. The lowest BCUT2D eigenvalue weighted by molar-refractivity contribution is -0.119. The van der Waals surface area contributed by atoms with Gasteiger partial charge in [-0.2, -0.15) is 0 Å². The molecule has 0 aliphatic carbocycles. The van der Waals surface area contributed by atoms with Crippen LogP contribution < -0.4 is 10.6 Å². The zero-order chi connectivity index (χ0) is 15.9. The maximum Gasteiger partial charge on any atom is 0.229 e. The van der Waals surface area contributed by atoms with Crippen LogP contribution in [0.4, 0.5) is 11.4 Å². The van der Waals surface area contributed by atoms with Gasteiger partial charge in [0.05, 0.1) is 12.5 Å². The van der Waals surface area contributed by atoms with Crippen molar-refractivity contribution in [3.05, 3.63) is 60.2 Å². The molecule has 23 heavy (non-hydrogen) atoms.